The van der Waals surface area contributed by atoms with Gasteiger partial charge in [-0.3, -0.25) is 0 Å². The summed E-state index contributed by atoms with van der Waals surface area (Å²) < 4.78 is 11.0. The van der Waals surface area contributed by atoms with Crippen LogP contribution in [-0.4, -0.2) is 28.5 Å². The number of aromatic nitrogens is 2. The van der Waals surface area contributed by atoms with Crippen molar-refractivity contribution in [3.63, 3.8) is 0 Å². The molecule has 1 aromatic heterocycles. The van der Waals surface area contributed by atoms with E-state index in [1.807, 2.05) is 60.7 Å². The Labute approximate surface area is 198 Å². The molecule has 4 rings (SSSR count). The zero-order chi connectivity index (χ0) is 24.1. The number of H-pyrrole nitrogens is 1. The number of allylic oxidation sites excluding steroid dienone is 2. The van der Waals surface area contributed by atoms with Crippen LogP contribution in [0.1, 0.15) is 37.9 Å². The first-order chi connectivity index (χ1) is 16.5. The van der Waals surface area contributed by atoms with Crippen molar-refractivity contribution < 1.29 is 19.1 Å². The Morgan fingerprint density at radius 3 is 2.09 bits per heavy atom. The standard InChI is InChI=1S/C27H27N3O4/c1-4-33-26(31)22-17(2)29-18(3)23(27(32)34-16-19-11-7-5-8-12-19)24(22)21-15-28-25(30-21)20-13-9-6-10-14-20/h5-15,24,29H,4,16H2,1-3H3,(H,28,30). The molecule has 0 saturated carbocycles. The highest BCUT2D eigenvalue weighted by Crippen LogP contribution is 2.39. The number of hydrogen-bond donors (Lipinski definition) is 2. The third kappa shape index (κ3) is 4.78. The van der Waals surface area contributed by atoms with Gasteiger partial charge in [-0.1, -0.05) is 60.7 Å². The van der Waals surface area contributed by atoms with Gasteiger partial charge in [0.05, 0.1) is 23.7 Å². The molecular weight excluding hydrogens is 430 g/mol. The van der Waals surface area contributed by atoms with Gasteiger partial charge < -0.3 is 19.8 Å². The lowest BCUT2D eigenvalue weighted by Crippen LogP contribution is -2.32. The van der Waals surface area contributed by atoms with E-state index in [-0.39, 0.29) is 13.2 Å². The van der Waals surface area contributed by atoms with Crippen LogP contribution in [0.4, 0.5) is 0 Å². The van der Waals surface area contributed by atoms with E-state index in [9.17, 15) is 9.59 Å². The molecule has 2 heterocycles. The summed E-state index contributed by atoms with van der Waals surface area (Å²) in [6.45, 7) is 5.68. The maximum atomic E-state index is 13.3. The summed E-state index contributed by atoms with van der Waals surface area (Å²) in [7, 11) is 0. The summed E-state index contributed by atoms with van der Waals surface area (Å²) in [4.78, 5) is 34.2. The highest BCUT2D eigenvalue weighted by atomic mass is 16.5. The van der Waals surface area contributed by atoms with Gasteiger partial charge in [0.1, 0.15) is 12.4 Å². The van der Waals surface area contributed by atoms with Crippen molar-refractivity contribution in [1.29, 1.82) is 0 Å². The molecule has 0 aliphatic carbocycles. The number of esters is 2. The molecule has 174 valence electrons. The Morgan fingerprint density at radius 1 is 0.882 bits per heavy atom. The van der Waals surface area contributed by atoms with Crippen molar-refractivity contribution in [2.75, 3.05) is 6.61 Å². The Bertz CT molecular complexity index is 1240. The van der Waals surface area contributed by atoms with Crippen molar-refractivity contribution in [2.45, 2.75) is 33.3 Å². The predicted molar refractivity (Wildman–Crippen MR) is 128 cm³/mol. The molecule has 1 aliphatic heterocycles. The van der Waals surface area contributed by atoms with E-state index >= 15 is 0 Å². The number of aromatic amines is 1. The van der Waals surface area contributed by atoms with Gasteiger partial charge in [0.2, 0.25) is 0 Å². The fourth-order valence-corrected chi connectivity index (χ4v) is 4.08. The fraction of sp³-hybridized carbons (Fsp3) is 0.222. The molecule has 0 bridgehead atoms. The molecule has 2 N–H and O–H groups in total. The highest BCUT2D eigenvalue weighted by molar-refractivity contribution is 5.99. The van der Waals surface area contributed by atoms with Crippen molar-refractivity contribution in [3.05, 3.63) is 101 Å². The Balaban J connectivity index is 1.73. The molecule has 34 heavy (non-hydrogen) atoms. The van der Waals surface area contributed by atoms with Crippen molar-refractivity contribution in [1.82, 2.24) is 15.3 Å². The maximum absolute atomic E-state index is 13.3. The average molecular weight is 458 g/mol. The summed E-state index contributed by atoms with van der Waals surface area (Å²) in [6, 6.07) is 19.1. The molecule has 2 aromatic carbocycles. The number of nitrogens with one attached hydrogen (secondary N) is 2. The third-order valence-electron chi connectivity index (χ3n) is 5.64. The molecule has 7 nitrogen and oxygen atoms in total. The maximum Gasteiger partial charge on any atom is 0.337 e. The zero-order valence-electron chi connectivity index (χ0n) is 19.4. The predicted octanol–water partition coefficient (Wildman–Crippen LogP) is 4.62. The van der Waals surface area contributed by atoms with Crippen LogP contribution in [0, 0.1) is 0 Å². The van der Waals surface area contributed by atoms with Gasteiger partial charge in [0.25, 0.3) is 0 Å². The van der Waals surface area contributed by atoms with E-state index in [0.29, 0.717) is 34.1 Å². The molecule has 0 radical (unpaired) electrons. The molecule has 3 aromatic rings. The smallest absolute Gasteiger partial charge is 0.337 e. The van der Waals surface area contributed by atoms with Crippen LogP contribution in [0.5, 0.6) is 0 Å². The number of dihydropyridines is 1. The third-order valence-corrected chi connectivity index (χ3v) is 5.64. The molecular formula is C27H27N3O4. The quantitative estimate of drug-likeness (QED) is 0.503. The molecule has 0 spiro atoms. The number of nitrogens with zero attached hydrogens (tertiary/aromatic N) is 1. The number of carbonyl (C=O) groups excluding carboxylic acids is 2. The Morgan fingerprint density at radius 2 is 1.47 bits per heavy atom. The first-order valence-electron chi connectivity index (χ1n) is 11.2. The van der Waals surface area contributed by atoms with Crippen LogP contribution >= 0.6 is 0 Å². The minimum absolute atomic E-state index is 0.124. The first-order valence-corrected chi connectivity index (χ1v) is 11.2. The minimum atomic E-state index is -0.714. The number of ether oxygens (including phenoxy) is 2. The summed E-state index contributed by atoms with van der Waals surface area (Å²) in [5.41, 5.74) is 4.31. The second-order valence-electron chi connectivity index (χ2n) is 7.97. The average Bonchev–Trinajstić information content (AvgIpc) is 3.33. The normalized spacial score (nSPS) is 15.7. The molecule has 0 saturated heterocycles. The lowest BCUT2D eigenvalue weighted by Gasteiger charge is -2.29. The Kier molecular flexibility index (Phi) is 6.92. The highest BCUT2D eigenvalue weighted by Gasteiger charge is 2.39. The second kappa shape index (κ2) is 10.2. The van der Waals surface area contributed by atoms with Crippen molar-refractivity contribution >= 4 is 11.9 Å². The van der Waals surface area contributed by atoms with Crippen LogP contribution in [0.3, 0.4) is 0 Å². The number of rotatable bonds is 7. The van der Waals surface area contributed by atoms with Crippen LogP contribution in [0.25, 0.3) is 11.4 Å². The summed E-state index contributed by atoms with van der Waals surface area (Å²) in [6.07, 6.45) is 1.66. The van der Waals surface area contributed by atoms with Gasteiger partial charge in [0.15, 0.2) is 0 Å². The monoisotopic (exact) mass is 457 g/mol. The lowest BCUT2D eigenvalue weighted by molar-refractivity contribution is -0.141. The van der Waals surface area contributed by atoms with E-state index in [2.05, 4.69) is 15.3 Å². The number of imidazole rings is 1. The number of benzene rings is 2. The van der Waals surface area contributed by atoms with Crippen LogP contribution in [-0.2, 0) is 25.7 Å². The molecule has 0 amide bonds. The minimum Gasteiger partial charge on any atom is -0.463 e. The van der Waals surface area contributed by atoms with E-state index in [1.165, 1.54) is 0 Å². The van der Waals surface area contributed by atoms with E-state index in [1.54, 1.807) is 27.0 Å². The lowest BCUT2D eigenvalue weighted by atomic mass is 9.83. The number of hydrogen-bond acceptors (Lipinski definition) is 6. The van der Waals surface area contributed by atoms with Gasteiger partial charge >= 0.3 is 11.9 Å². The molecule has 0 fully saturated rings. The van der Waals surface area contributed by atoms with Gasteiger partial charge in [-0.2, -0.15) is 0 Å². The van der Waals surface area contributed by atoms with Crippen LogP contribution in [0.15, 0.2) is 89.4 Å². The SMILES string of the molecule is CCOC(=O)C1=C(C)NC(C)=C(C(=O)OCc2ccccc2)C1c1cnc(-c2ccccc2)[nH]1. The van der Waals surface area contributed by atoms with Crippen molar-refractivity contribution in [3.8, 4) is 11.4 Å². The topological polar surface area (TPSA) is 93.3 Å². The van der Waals surface area contributed by atoms with Gasteiger partial charge in [-0.25, -0.2) is 14.6 Å². The van der Waals surface area contributed by atoms with E-state index < -0.39 is 17.9 Å². The Hall–Kier alpha value is -4.13. The van der Waals surface area contributed by atoms with Crippen LogP contribution < -0.4 is 5.32 Å². The van der Waals surface area contributed by atoms with Gasteiger partial charge in [0, 0.05) is 28.8 Å². The van der Waals surface area contributed by atoms with Gasteiger partial charge in [-0.15, -0.1) is 0 Å². The van der Waals surface area contributed by atoms with Crippen molar-refractivity contribution in [2.24, 2.45) is 0 Å². The van der Waals surface area contributed by atoms with E-state index in [4.69, 9.17) is 9.47 Å². The molecule has 7 heteroatoms. The summed E-state index contributed by atoms with van der Waals surface area (Å²) in [5.74, 6) is -1.07. The largest absolute Gasteiger partial charge is 0.463 e. The van der Waals surface area contributed by atoms with Crippen LogP contribution in [0.2, 0.25) is 0 Å². The summed E-state index contributed by atoms with van der Waals surface area (Å²) in [5, 5.41) is 3.16. The summed E-state index contributed by atoms with van der Waals surface area (Å²) >= 11 is 0. The van der Waals surface area contributed by atoms with Gasteiger partial charge in [-0.05, 0) is 26.3 Å². The second-order valence-corrected chi connectivity index (χ2v) is 7.97. The molecule has 1 atom stereocenters. The first kappa shape index (κ1) is 23.0. The fourth-order valence-electron chi connectivity index (χ4n) is 4.08. The molecule has 1 unspecified atom stereocenters. The van der Waals surface area contributed by atoms with E-state index in [0.717, 1.165) is 11.1 Å². The number of carbonyl (C=O) groups is 2. The molecule has 1 aliphatic rings. The zero-order valence-corrected chi connectivity index (χ0v) is 19.4.